The summed E-state index contributed by atoms with van der Waals surface area (Å²) in [6, 6.07) is 9.57. The molecule has 0 saturated carbocycles. The summed E-state index contributed by atoms with van der Waals surface area (Å²) >= 11 is 6.46. The minimum atomic E-state index is -0.470. The standard InChI is InChI=1S/C23H27ClN4O3/c1-14-10-16(11-19-21(14)31-15(2)22(29)26-19)13-27-6-8-28(9-7-27)20-5-4-17(12-18(20)24)23(30)25-3/h4-5,10-12,15H,6-9,13H2,1-3H3,(H,25,30)(H,26,29). The Kier molecular flexibility index (Phi) is 6.07. The normalized spacial score (nSPS) is 18.8. The van der Waals surface area contributed by atoms with E-state index in [-0.39, 0.29) is 11.8 Å². The lowest BCUT2D eigenvalue weighted by molar-refractivity contribution is -0.122. The van der Waals surface area contributed by atoms with Gasteiger partial charge in [-0.3, -0.25) is 14.5 Å². The van der Waals surface area contributed by atoms with Gasteiger partial charge < -0.3 is 20.3 Å². The largest absolute Gasteiger partial charge is 0.478 e. The van der Waals surface area contributed by atoms with Crippen LogP contribution in [0.4, 0.5) is 11.4 Å². The second-order valence-corrected chi connectivity index (χ2v) is 8.45. The number of carbonyl (C=O) groups is 2. The molecule has 1 saturated heterocycles. The average Bonchev–Trinajstić information content (AvgIpc) is 2.75. The van der Waals surface area contributed by atoms with Crippen molar-refractivity contribution in [2.45, 2.75) is 26.5 Å². The zero-order valence-electron chi connectivity index (χ0n) is 18.0. The van der Waals surface area contributed by atoms with Crippen LogP contribution in [0.5, 0.6) is 5.75 Å². The summed E-state index contributed by atoms with van der Waals surface area (Å²) in [5, 5.41) is 6.15. The Morgan fingerprint density at radius 2 is 1.97 bits per heavy atom. The molecule has 1 unspecified atom stereocenters. The number of nitrogens with one attached hydrogen (secondary N) is 2. The highest BCUT2D eigenvalue weighted by Crippen LogP contribution is 2.35. The fraction of sp³-hybridized carbons (Fsp3) is 0.391. The van der Waals surface area contributed by atoms with Crippen LogP contribution in [-0.4, -0.2) is 56.0 Å². The molecule has 2 aromatic rings. The highest BCUT2D eigenvalue weighted by atomic mass is 35.5. The first-order valence-corrected chi connectivity index (χ1v) is 10.8. The van der Waals surface area contributed by atoms with E-state index in [1.807, 2.05) is 19.1 Å². The molecule has 0 bridgehead atoms. The molecule has 0 spiro atoms. The van der Waals surface area contributed by atoms with Crippen molar-refractivity contribution in [1.82, 2.24) is 10.2 Å². The summed E-state index contributed by atoms with van der Waals surface area (Å²) in [5.74, 6) is 0.502. The van der Waals surface area contributed by atoms with Crippen LogP contribution in [-0.2, 0) is 11.3 Å². The van der Waals surface area contributed by atoms with Crippen LogP contribution in [0.1, 0.15) is 28.4 Å². The molecule has 8 heteroatoms. The van der Waals surface area contributed by atoms with Crippen LogP contribution in [0.3, 0.4) is 0 Å². The first-order chi connectivity index (χ1) is 14.9. The summed E-state index contributed by atoms with van der Waals surface area (Å²) in [5.41, 5.74) is 4.44. The molecule has 1 fully saturated rings. The third-order valence-electron chi connectivity index (χ3n) is 5.81. The number of anilines is 2. The van der Waals surface area contributed by atoms with E-state index in [1.54, 1.807) is 26.1 Å². The van der Waals surface area contributed by atoms with Crippen molar-refractivity contribution in [3.63, 3.8) is 0 Å². The molecule has 2 aliphatic heterocycles. The zero-order valence-corrected chi connectivity index (χ0v) is 18.8. The van der Waals surface area contributed by atoms with E-state index in [0.29, 0.717) is 10.6 Å². The summed E-state index contributed by atoms with van der Waals surface area (Å²) in [7, 11) is 1.61. The number of fused-ring (bicyclic) bond motifs is 1. The molecular weight excluding hydrogens is 416 g/mol. The molecule has 2 aromatic carbocycles. The van der Waals surface area contributed by atoms with Gasteiger partial charge in [-0.05, 0) is 49.2 Å². The maximum Gasteiger partial charge on any atom is 0.265 e. The number of piperazine rings is 1. The van der Waals surface area contributed by atoms with Gasteiger partial charge >= 0.3 is 0 Å². The lowest BCUT2D eigenvalue weighted by Crippen LogP contribution is -2.46. The number of nitrogens with zero attached hydrogens (tertiary/aromatic N) is 2. The van der Waals surface area contributed by atoms with Gasteiger partial charge in [-0.15, -0.1) is 0 Å². The van der Waals surface area contributed by atoms with E-state index < -0.39 is 6.10 Å². The fourth-order valence-electron chi connectivity index (χ4n) is 4.11. The molecular formula is C23H27ClN4O3. The molecule has 4 rings (SSSR count). The first-order valence-electron chi connectivity index (χ1n) is 10.5. The highest BCUT2D eigenvalue weighted by Gasteiger charge is 2.26. The van der Waals surface area contributed by atoms with Gasteiger partial charge in [0.1, 0.15) is 5.75 Å². The Labute approximate surface area is 187 Å². The average molecular weight is 443 g/mol. The van der Waals surface area contributed by atoms with Gasteiger partial charge in [0, 0.05) is 45.3 Å². The molecule has 2 aliphatic rings. The molecule has 0 radical (unpaired) electrons. The van der Waals surface area contributed by atoms with Gasteiger partial charge in [0.05, 0.1) is 16.4 Å². The predicted octanol–water partition coefficient (Wildman–Crippen LogP) is 3.05. The molecule has 1 atom stereocenters. The molecule has 2 amide bonds. The topological polar surface area (TPSA) is 73.9 Å². The van der Waals surface area contributed by atoms with Crippen LogP contribution in [0, 0.1) is 6.92 Å². The third kappa shape index (κ3) is 4.48. The van der Waals surface area contributed by atoms with Gasteiger partial charge in [0.15, 0.2) is 6.10 Å². The number of carbonyl (C=O) groups excluding carboxylic acids is 2. The Morgan fingerprint density at radius 1 is 1.23 bits per heavy atom. The quantitative estimate of drug-likeness (QED) is 0.761. The molecule has 0 aliphatic carbocycles. The third-order valence-corrected chi connectivity index (χ3v) is 6.11. The van der Waals surface area contributed by atoms with Crippen LogP contribution in [0.2, 0.25) is 5.02 Å². The Morgan fingerprint density at radius 3 is 2.65 bits per heavy atom. The highest BCUT2D eigenvalue weighted by molar-refractivity contribution is 6.33. The maximum atomic E-state index is 12.0. The molecule has 0 aromatic heterocycles. The molecule has 31 heavy (non-hydrogen) atoms. The van der Waals surface area contributed by atoms with Crippen molar-refractivity contribution in [2.24, 2.45) is 0 Å². The van der Waals surface area contributed by atoms with Crippen LogP contribution in [0.15, 0.2) is 30.3 Å². The van der Waals surface area contributed by atoms with E-state index in [1.165, 1.54) is 0 Å². The number of hydrogen-bond acceptors (Lipinski definition) is 5. The molecule has 7 nitrogen and oxygen atoms in total. The second-order valence-electron chi connectivity index (χ2n) is 8.05. The van der Waals surface area contributed by atoms with E-state index in [4.69, 9.17) is 16.3 Å². The minimum absolute atomic E-state index is 0.114. The van der Waals surface area contributed by atoms with Crippen molar-refractivity contribution in [3.05, 3.63) is 52.0 Å². The van der Waals surface area contributed by atoms with Crippen LogP contribution in [0.25, 0.3) is 0 Å². The lowest BCUT2D eigenvalue weighted by Gasteiger charge is -2.36. The van der Waals surface area contributed by atoms with E-state index in [9.17, 15) is 9.59 Å². The van der Waals surface area contributed by atoms with E-state index >= 15 is 0 Å². The van der Waals surface area contributed by atoms with Crippen molar-refractivity contribution in [2.75, 3.05) is 43.4 Å². The number of amides is 2. The summed E-state index contributed by atoms with van der Waals surface area (Å²) < 4.78 is 5.75. The minimum Gasteiger partial charge on any atom is -0.478 e. The Balaban J connectivity index is 1.40. The fourth-order valence-corrected chi connectivity index (χ4v) is 4.41. The zero-order chi connectivity index (χ0) is 22.1. The SMILES string of the molecule is CNC(=O)c1ccc(N2CCN(Cc3cc(C)c4c(c3)NC(=O)C(C)O4)CC2)c(Cl)c1. The van der Waals surface area contributed by atoms with Gasteiger partial charge in [-0.25, -0.2) is 0 Å². The molecule has 2 heterocycles. The number of rotatable bonds is 4. The van der Waals surface area contributed by atoms with Crippen molar-refractivity contribution >= 4 is 34.8 Å². The lowest BCUT2D eigenvalue weighted by atomic mass is 10.1. The van der Waals surface area contributed by atoms with Crippen LogP contribution < -0.4 is 20.3 Å². The number of halogens is 1. The van der Waals surface area contributed by atoms with Crippen molar-refractivity contribution < 1.29 is 14.3 Å². The number of hydrogen-bond donors (Lipinski definition) is 2. The molecule has 2 N–H and O–H groups in total. The second kappa shape index (κ2) is 8.77. The molecule has 164 valence electrons. The van der Waals surface area contributed by atoms with Crippen molar-refractivity contribution in [3.8, 4) is 5.75 Å². The number of aryl methyl sites for hydroxylation is 1. The Bertz CT molecular complexity index is 1020. The van der Waals surface area contributed by atoms with E-state index in [2.05, 4.69) is 26.5 Å². The van der Waals surface area contributed by atoms with Gasteiger partial charge in [0.2, 0.25) is 0 Å². The summed E-state index contributed by atoms with van der Waals surface area (Å²) in [6.07, 6.45) is -0.470. The summed E-state index contributed by atoms with van der Waals surface area (Å²) in [6.45, 7) is 8.04. The Hall–Kier alpha value is -2.77. The van der Waals surface area contributed by atoms with Crippen molar-refractivity contribution in [1.29, 1.82) is 0 Å². The smallest absolute Gasteiger partial charge is 0.265 e. The van der Waals surface area contributed by atoms with Gasteiger partial charge in [-0.2, -0.15) is 0 Å². The van der Waals surface area contributed by atoms with E-state index in [0.717, 1.165) is 61.0 Å². The van der Waals surface area contributed by atoms with Crippen LogP contribution >= 0.6 is 11.6 Å². The maximum absolute atomic E-state index is 12.0. The summed E-state index contributed by atoms with van der Waals surface area (Å²) in [4.78, 5) is 28.4. The monoisotopic (exact) mass is 442 g/mol. The number of ether oxygens (including phenoxy) is 1. The van der Waals surface area contributed by atoms with Gasteiger partial charge in [-0.1, -0.05) is 17.7 Å². The van der Waals surface area contributed by atoms with Gasteiger partial charge in [0.25, 0.3) is 11.8 Å². The predicted molar refractivity (Wildman–Crippen MR) is 122 cm³/mol. The number of benzene rings is 2. The first kappa shape index (κ1) is 21.5.